The van der Waals surface area contributed by atoms with Crippen molar-refractivity contribution in [3.8, 4) is 0 Å². The third-order valence-electron chi connectivity index (χ3n) is 4.30. The molecule has 0 bridgehead atoms. The van der Waals surface area contributed by atoms with Crippen LogP contribution in [0, 0.1) is 12.7 Å². The number of carbonyl (C=O) groups is 2. The van der Waals surface area contributed by atoms with E-state index in [1.165, 1.54) is 47.1 Å². The van der Waals surface area contributed by atoms with Gasteiger partial charge in [-0.3, -0.25) is 14.5 Å². The number of amides is 2. The largest absolute Gasteiger partial charge is 0.300 e. The van der Waals surface area contributed by atoms with Gasteiger partial charge in [0, 0.05) is 12.3 Å². The second kappa shape index (κ2) is 8.83. The molecule has 9 heteroatoms. The summed E-state index contributed by atoms with van der Waals surface area (Å²) in [4.78, 5) is 35.0. The van der Waals surface area contributed by atoms with E-state index in [4.69, 9.17) is 0 Å². The molecule has 0 atom stereocenters. The van der Waals surface area contributed by atoms with Gasteiger partial charge in [-0.15, -0.1) is 11.3 Å². The van der Waals surface area contributed by atoms with Gasteiger partial charge in [0.2, 0.25) is 5.91 Å². The van der Waals surface area contributed by atoms with Gasteiger partial charge in [-0.25, -0.2) is 14.4 Å². The van der Waals surface area contributed by atoms with E-state index < -0.39 is 5.82 Å². The summed E-state index contributed by atoms with van der Waals surface area (Å²) < 4.78 is 14.2. The molecule has 2 heterocycles. The summed E-state index contributed by atoms with van der Waals surface area (Å²) in [5.74, 6) is -1.16. The van der Waals surface area contributed by atoms with Crippen LogP contribution in [0.1, 0.15) is 18.2 Å². The van der Waals surface area contributed by atoms with E-state index in [1.807, 2.05) is 31.2 Å². The highest BCUT2D eigenvalue weighted by Crippen LogP contribution is 2.33. The first-order valence-corrected chi connectivity index (χ1v) is 11.0. The molecule has 1 aromatic heterocycles. The summed E-state index contributed by atoms with van der Waals surface area (Å²) in [5.41, 5.74) is 2.50. The maximum absolute atomic E-state index is 14.2. The minimum Gasteiger partial charge on any atom is -0.300 e. The lowest BCUT2D eigenvalue weighted by Gasteiger charge is -2.18. The van der Waals surface area contributed by atoms with E-state index in [-0.39, 0.29) is 17.5 Å². The van der Waals surface area contributed by atoms with E-state index in [0.717, 1.165) is 11.3 Å². The van der Waals surface area contributed by atoms with Crippen LogP contribution < -0.4 is 10.2 Å². The van der Waals surface area contributed by atoms with Crippen molar-refractivity contribution >= 4 is 62.7 Å². The van der Waals surface area contributed by atoms with Crippen LogP contribution in [0.15, 0.2) is 63.8 Å². The van der Waals surface area contributed by atoms with Gasteiger partial charge in [0.15, 0.2) is 10.3 Å². The molecule has 2 aromatic carbocycles. The Bertz CT molecular complexity index is 1220. The van der Waals surface area contributed by atoms with Crippen LogP contribution in [0.25, 0.3) is 6.08 Å². The number of thiazole rings is 1. The number of thioether (sulfide) groups is 1. The predicted molar refractivity (Wildman–Crippen MR) is 123 cm³/mol. The summed E-state index contributed by atoms with van der Waals surface area (Å²) in [5, 5.41) is 5.25. The molecule has 0 unspecified atom stereocenters. The number of hydrogen-bond acceptors (Lipinski definition) is 6. The number of nitrogens with zero attached hydrogens (tertiary/aromatic N) is 3. The van der Waals surface area contributed by atoms with Crippen LogP contribution in [0.3, 0.4) is 0 Å². The Kier molecular flexibility index (Phi) is 5.97. The van der Waals surface area contributed by atoms with Crippen LogP contribution >= 0.6 is 23.1 Å². The number of rotatable bonds is 4. The van der Waals surface area contributed by atoms with E-state index in [1.54, 1.807) is 23.6 Å². The number of halogens is 1. The molecular formula is C22H17FN4O2S2. The lowest BCUT2D eigenvalue weighted by atomic mass is 10.2. The summed E-state index contributed by atoms with van der Waals surface area (Å²) in [7, 11) is 0. The molecule has 0 spiro atoms. The van der Waals surface area contributed by atoms with Crippen LogP contribution in [0.5, 0.6) is 0 Å². The zero-order chi connectivity index (χ0) is 22.0. The highest BCUT2D eigenvalue weighted by atomic mass is 32.2. The number of aryl methyl sites for hydroxylation is 1. The number of carbonyl (C=O) groups excluding carboxylic acids is 2. The quantitative estimate of drug-likeness (QED) is 0.555. The molecule has 1 N–H and O–H groups in total. The number of benzene rings is 2. The van der Waals surface area contributed by atoms with Crippen LogP contribution in [0.2, 0.25) is 0 Å². The minimum absolute atomic E-state index is 0.129. The van der Waals surface area contributed by atoms with Crippen molar-refractivity contribution in [2.24, 2.45) is 4.99 Å². The SMILES string of the molecule is CC(=O)N(c1nc(/C=C2/SC(=Nc3ccc(C)cc3)NC2=O)cs1)c1ccccc1F. The number of nitrogens with one attached hydrogen (secondary N) is 1. The van der Waals surface area contributed by atoms with Gasteiger partial charge in [-0.2, -0.15) is 0 Å². The third-order valence-corrected chi connectivity index (χ3v) is 6.06. The van der Waals surface area contributed by atoms with E-state index in [9.17, 15) is 14.0 Å². The van der Waals surface area contributed by atoms with Crippen molar-refractivity contribution in [1.82, 2.24) is 10.3 Å². The summed E-state index contributed by atoms with van der Waals surface area (Å²) in [6.45, 7) is 3.34. The van der Waals surface area contributed by atoms with Crippen LogP contribution in [0.4, 0.5) is 20.9 Å². The number of para-hydroxylation sites is 1. The van der Waals surface area contributed by atoms with Gasteiger partial charge < -0.3 is 5.32 Å². The molecule has 1 fully saturated rings. The van der Waals surface area contributed by atoms with Crippen molar-refractivity contribution in [3.63, 3.8) is 0 Å². The molecule has 0 radical (unpaired) electrons. The second-order valence-corrected chi connectivity index (χ2v) is 8.55. The number of anilines is 2. The van der Waals surface area contributed by atoms with Gasteiger partial charge in [0.25, 0.3) is 5.91 Å². The van der Waals surface area contributed by atoms with Gasteiger partial charge in [0.1, 0.15) is 5.82 Å². The Morgan fingerprint density at radius 3 is 2.65 bits per heavy atom. The fourth-order valence-electron chi connectivity index (χ4n) is 2.84. The first-order valence-electron chi connectivity index (χ1n) is 9.28. The van der Waals surface area contributed by atoms with E-state index >= 15 is 0 Å². The Balaban J connectivity index is 1.57. The molecule has 1 aliphatic rings. The highest BCUT2D eigenvalue weighted by Gasteiger charge is 2.25. The smallest absolute Gasteiger partial charge is 0.264 e. The first kappa shape index (κ1) is 21.0. The van der Waals surface area contributed by atoms with Gasteiger partial charge in [-0.1, -0.05) is 29.8 Å². The van der Waals surface area contributed by atoms with Gasteiger partial charge >= 0.3 is 0 Å². The normalized spacial score (nSPS) is 16.0. The van der Waals surface area contributed by atoms with Gasteiger partial charge in [-0.05, 0) is 49.0 Å². The maximum Gasteiger partial charge on any atom is 0.264 e. The summed E-state index contributed by atoms with van der Waals surface area (Å²) in [6, 6.07) is 13.7. The third kappa shape index (κ3) is 4.73. The maximum atomic E-state index is 14.2. The number of amidine groups is 1. The number of aliphatic imine (C=N–C) groups is 1. The van der Waals surface area contributed by atoms with E-state index in [2.05, 4.69) is 15.3 Å². The Labute approximate surface area is 186 Å². The Morgan fingerprint density at radius 1 is 1.19 bits per heavy atom. The molecule has 3 aromatic rings. The molecule has 1 saturated heterocycles. The number of hydrogen-bond donors (Lipinski definition) is 1. The average Bonchev–Trinajstić information content (AvgIpc) is 3.32. The monoisotopic (exact) mass is 452 g/mol. The van der Waals surface area contributed by atoms with Crippen molar-refractivity contribution < 1.29 is 14.0 Å². The fraction of sp³-hybridized carbons (Fsp3) is 0.0909. The fourth-order valence-corrected chi connectivity index (χ4v) is 4.50. The minimum atomic E-state index is -0.518. The molecular weight excluding hydrogens is 435 g/mol. The first-order chi connectivity index (χ1) is 14.9. The predicted octanol–water partition coefficient (Wildman–Crippen LogP) is 5.17. The standard InChI is InChI=1S/C22H17FN4O2S2/c1-13-7-9-15(10-8-13)24-21-26-20(29)19(31-21)11-16-12-30-22(25-16)27(14(2)28)18-6-4-3-5-17(18)23/h3-12H,1-2H3,(H,24,26,29)/b19-11+. The molecule has 31 heavy (non-hydrogen) atoms. The van der Waals surface area contributed by atoms with Gasteiger partial charge in [0.05, 0.1) is 22.0 Å². The number of aromatic nitrogens is 1. The lowest BCUT2D eigenvalue weighted by Crippen LogP contribution is -2.23. The topological polar surface area (TPSA) is 74.7 Å². The molecule has 2 amide bonds. The molecule has 1 aliphatic heterocycles. The van der Waals surface area contributed by atoms with E-state index in [0.29, 0.717) is 20.9 Å². The molecule has 156 valence electrons. The van der Waals surface area contributed by atoms with Crippen LogP contribution in [-0.2, 0) is 9.59 Å². The average molecular weight is 453 g/mol. The van der Waals surface area contributed by atoms with Crippen molar-refractivity contribution in [2.45, 2.75) is 13.8 Å². The Hall–Kier alpha value is -3.30. The summed E-state index contributed by atoms with van der Waals surface area (Å²) >= 11 is 2.40. The highest BCUT2D eigenvalue weighted by molar-refractivity contribution is 8.18. The van der Waals surface area contributed by atoms with Crippen molar-refractivity contribution in [3.05, 3.63) is 75.9 Å². The molecule has 4 rings (SSSR count). The Morgan fingerprint density at radius 2 is 1.94 bits per heavy atom. The second-order valence-electron chi connectivity index (χ2n) is 6.68. The zero-order valence-electron chi connectivity index (χ0n) is 16.6. The molecule has 0 saturated carbocycles. The van der Waals surface area contributed by atoms with Crippen LogP contribution in [-0.4, -0.2) is 22.0 Å². The lowest BCUT2D eigenvalue weighted by molar-refractivity contribution is -0.116. The summed E-state index contributed by atoms with van der Waals surface area (Å²) in [6.07, 6.45) is 1.62. The molecule has 6 nitrogen and oxygen atoms in total. The molecule has 0 aliphatic carbocycles. The zero-order valence-corrected chi connectivity index (χ0v) is 18.3. The van der Waals surface area contributed by atoms with Crippen molar-refractivity contribution in [2.75, 3.05) is 4.90 Å². The van der Waals surface area contributed by atoms with Crippen molar-refractivity contribution in [1.29, 1.82) is 0 Å².